The molecule has 0 N–H and O–H groups in total. The van der Waals surface area contributed by atoms with E-state index in [1.807, 2.05) is 13.1 Å². The second-order valence-corrected chi connectivity index (χ2v) is 4.72. The molecule has 0 amide bonds. The van der Waals surface area contributed by atoms with Gasteiger partial charge in [0.2, 0.25) is 5.88 Å². The summed E-state index contributed by atoms with van der Waals surface area (Å²) in [6.45, 7) is 5.32. The van der Waals surface area contributed by atoms with Crippen molar-refractivity contribution in [1.82, 2.24) is 9.78 Å². The third-order valence-electron chi connectivity index (χ3n) is 3.17. The predicted molar refractivity (Wildman–Crippen MR) is 67.7 cm³/mol. The molecule has 2 heterocycles. The minimum Gasteiger partial charge on any atom is -0.468 e. The molecule has 0 aromatic carbocycles. The number of ether oxygens (including phenoxy) is 3. The van der Waals surface area contributed by atoms with E-state index in [1.165, 1.54) is 0 Å². The maximum atomic E-state index is 5.91. The molecular weight excluding hydrogens is 232 g/mol. The highest BCUT2D eigenvalue weighted by molar-refractivity contribution is 5.24. The minimum absolute atomic E-state index is 0.135. The summed E-state index contributed by atoms with van der Waals surface area (Å²) in [4.78, 5) is 0. The van der Waals surface area contributed by atoms with Crippen LogP contribution in [0.5, 0.6) is 5.88 Å². The van der Waals surface area contributed by atoms with Crippen molar-refractivity contribution in [1.29, 1.82) is 0 Å². The number of methoxy groups -OCH3 is 1. The molecule has 18 heavy (non-hydrogen) atoms. The van der Waals surface area contributed by atoms with Gasteiger partial charge in [0.25, 0.3) is 0 Å². The van der Waals surface area contributed by atoms with Crippen molar-refractivity contribution in [3.05, 3.63) is 11.8 Å². The van der Waals surface area contributed by atoms with Crippen LogP contribution in [0.2, 0.25) is 0 Å². The summed E-state index contributed by atoms with van der Waals surface area (Å²) in [5.74, 6) is 0.737. The standard InChI is InChI=1S/C13H22N2O3/c1-4-5-6-11-7-15(9-16-3)14-13(11)18-12-8-17-10(12)2/h7,10,12H,4-6,8-9H2,1-3H3/t10-,12+/m1/s1. The highest BCUT2D eigenvalue weighted by Gasteiger charge is 2.31. The van der Waals surface area contributed by atoms with E-state index >= 15 is 0 Å². The van der Waals surface area contributed by atoms with Crippen molar-refractivity contribution >= 4 is 0 Å². The van der Waals surface area contributed by atoms with E-state index in [0.717, 1.165) is 30.7 Å². The molecule has 0 radical (unpaired) electrons. The van der Waals surface area contributed by atoms with Gasteiger partial charge in [-0.25, -0.2) is 4.68 Å². The fourth-order valence-electron chi connectivity index (χ4n) is 1.92. The van der Waals surface area contributed by atoms with Crippen LogP contribution in [0.25, 0.3) is 0 Å². The summed E-state index contributed by atoms with van der Waals surface area (Å²) in [5, 5.41) is 4.42. The molecular formula is C13H22N2O3. The van der Waals surface area contributed by atoms with Gasteiger partial charge >= 0.3 is 0 Å². The van der Waals surface area contributed by atoms with Crippen LogP contribution >= 0.6 is 0 Å². The quantitative estimate of drug-likeness (QED) is 0.746. The normalized spacial score (nSPS) is 22.8. The van der Waals surface area contributed by atoms with E-state index in [-0.39, 0.29) is 12.2 Å². The highest BCUT2D eigenvalue weighted by Crippen LogP contribution is 2.24. The van der Waals surface area contributed by atoms with E-state index in [9.17, 15) is 0 Å². The van der Waals surface area contributed by atoms with Gasteiger partial charge in [0, 0.05) is 18.9 Å². The third-order valence-corrected chi connectivity index (χ3v) is 3.17. The Morgan fingerprint density at radius 2 is 2.39 bits per heavy atom. The van der Waals surface area contributed by atoms with Crippen LogP contribution in [-0.2, 0) is 22.6 Å². The maximum Gasteiger partial charge on any atom is 0.236 e. The molecule has 102 valence electrons. The summed E-state index contributed by atoms with van der Waals surface area (Å²) in [6.07, 6.45) is 5.62. The molecule has 2 rings (SSSR count). The Hall–Kier alpha value is -1.07. The van der Waals surface area contributed by atoms with Crippen molar-refractivity contribution in [2.45, 2.75) is 52.0 Å². The van der Waals surface area contributed by atoms with Crippen LogP contribution in [0.1, 0.15) is 32.3 Å². The van der Waals surface area contributed by atoms with E-state index in [2.05, 4.69) is 12.0 Å². The molecule has 0 unspecified atom stereocenters. The lowest BCUT2D eigenvalue weighted by Gasteiger charge is -2.33. The number of hydrogen-bond donors (Lipinski definition) is 0. The number of unbranched alkanes of at least 4 members (excludes halogenated alkanes) is 1. The monoisotopic (exact) mass is 254 g/mol. The van der Waals surface area contributed by atoms with Crippen LogP contribution in [0.3, 0.4) is 0 Å². The second-order valence-electron chi connectivity index (χ2n) is 4.72. The molecule has 1 aromatic rings. The lowest BCUT2D eigenvalue weighted by molar-refractivity contribution is -0.141. The summed E-state index contributed by atoms with van der Waals surface area (Å²) in [6, 6.07) is 0. The zero-order chi connectivity index (χ0) is 13.0. The molecule has 0 bridgehead atoms. The molecule has 2 atom stereocenters. The van der Waals surface area contributed by atoms with Gasteiger partial charge in [0.1, 0.15) is 12.8 Å². The summed E-state index contributed by atoms with van der Waals surface area (Å²) in [5.41, 5.74) is 1.16. The Bertz CT molecular complexity index is 378. The first-order chi connectivity index (χ1) is 8.74. The molecule has 0 aliphatic carbocycles. The van der Waals surface area contributed by atoms with Gasteiger partial charge in [-0.1, -0.05) is 13.3 Å². The van der Waals surface area contributed by atoms with Gasteiger partial charge in [-0.3, -0.25) is 0 Å². The number of rotatable bonds is 7. The van der Waals surface area contributed by atoms with Crippen LogP contribution in [0.15, 0.2) is 6.20 Å². The second kappa shape index (κ2) is 6.20. The Balaban J connectivity index is 2.04. The Kier molecular flexibility index (Phi) is 4.60. The highest BCUT2D eigenvalue weighted by atomic mass is 16.6. The minimum atomic E-state index is 0.135. The van der Waals surface area contributed by atoms with Crippen molar-refractivity contribution in [3.8, 4) is 5.88 Å². The van der Waals surface area contributed by atoms with Gasteiger partial charge in [0.15, 0.2) is 0 Å². The third kappa shape index (κ3) is 3.03. The number of aromatic nitrogens is 2. The van der Waals surface area contributed by atoms with Crippen LogP contribution < -0.4 is 4.74 Å². The topological polar surface area (TPSA) is 45.5 Å². The van der Waals surface area contributed by atoms with E-state index in [1.54, 1.807) is 11.8 Å². The fraction of sp³-hybridized carbons (Fsp3) is 0.769. The molecule has 0 spiro atoms. The Labute approximate surface area is 108 Å². The molecule has 0 saturated carbocycles. The van der Waals surface area contributed by atoms with Crippen LogP contribution in [0, 0.1) is 0 Å². The lowest BCUT2D eigenvalue weighted by atomic mass is 10.1. The van der Waals surface area contributed by atoms with Crippen molar-refractivity contribution < 1.29 is 14.2 Å². The van der Waals surface area contributed by atoms with E-state index < -0.39 is 0 Å². The SMILES string of the molecule is CCCCc1cn(COC)nc1O[C@H]1CO[C@@H]1C. The van der Waals surface area contributed by atoms with Gasteiger partial charge in [-0.15, -0.1) is 5.10 Å². The molecule has 1 saturated heterocycles. The maximum absolute atomic E-state index is 5.91. The Morgan fingerprint density at radius 1 is 1.56 bits per heavy atom. The zero-order valence-electron chi connectivity index (χ0n) is 11.4. The fourth-order valence-corrected chi connectivity index (χ4v) is 1.92. The van der Waals surface area contributed by atoms with Crippen LogP contribution in [-0.4, -0.2) is 35.7 Å². The Morgan fingerprint density at radius 3 is 2.94 bits per heavy atom. The predicted octanol–water partition coefficient (Wildman–Crippen LogP) is 2.00. The zero-order valence-corrected chi connectivity index (χ0v) is 11.4. The van der Waals surface area contributed by atoms with E-state index in [0.29, 0.717) is 13.3 Å². The van der Waals surface area contributed by atoms with Crippen LogP contribution in [0.4, 0.5) is 0 Å². The van der Waals surface area contributed by atoms with Crippen molar-refractivity contribution in [2.75, 3.05) is 13.7 Å². The van der Waals surface area contributed by atoms with Crippen molar-refractivity contribution in [2.24, 2.45) is 0 Å². The van der Waals surface area contributed by atoms with Gasteiger partial charge in [-0.05, 0) is 19.8 Å². The summed E-state index contributed by atoms with van der Waals surface area (Å²) >= 11 is 0. The molecule has 5 heteroatoms. The van der Waals surface area contributed by atoms with Crippen molar-refractivity contribution in [3.63, 3.8) is 0 Å². The first-order valence-corrected chi connectivity index (χ1v) is 6.58. The van der Waals surface area contributed by atoms with Gasteiger partial charge in [-0.2, -0.15) is 0 Å². The largest absolute Gasteiger partial charge is 0.468 e. The number of aryl methyl sites for hydroxylation is 1. The molecule has 1 fully saturated rings. The summed E-state index contributed by atoms with van der Waals surface area (Å²) < 4.78 is 18.1. The van der Waals surface area contributed by atoms with Gasteiger partial charge < -0.3 is 14.2 Å². The number of nitrogens with zero attached hydrogens (tertiary/aromatic N) is 2. The molecule has 1 aliphatic rings. The first kappa shape index (κ1) is 13.4. The smallest absolute Gasteiger partial charge is 0.236 e. The first-order valence-electron chi connectivity index (χ1n) is 6.58. The molecule has 1 aromatic heterocycles. The average Bonchev–Trinajstić information content (AvgIpc) is 2.74. The molecule has 1 aliphatic heterocycles. The average molecular weight is 254 g/mol. The summed E-state index contributed by atoms with van der Waals surface area (Å²) in [7, 11) is 1.66. The molecule has 5 nitrogen and oxygen atoms in total. The lowest BCUT2D eigenvalue weighted by Crippen LogP contribution is -2.47. The van der Waals surface area contributed by atoms with Gasteiger partial charge in [0.05, 0.1) is 12.7 Å². The van der Waals surface area contributed by atoms with E-state index in [4.69, 9.17) is 14.2 Å². The number of hydrogen-bond acceptors (Lipinski definition) is 4.